The fraction of sp³-hybridized carbons (Fsp3) is 0.800. The largest absolute Gasteiger partial charge is 0.332 e. The van der Waals surface area contributed by atoms with Gasteiger partial charge in [0.2, 0.25) is 5.91 Å². The third-order valence-corrected chi connectivity index (χ3v) is 1.04. The summed E-state index contributed by atoms with van der Waals surface area (Å²) in [5, 5.41) is 0. The minimum absolute atomic E-state index is 0.127. The maximum atomic E-state index is 10.8. The van der Waals surface area contributed by atoms with Crippen LogP contribution in [0.2, 0.25) is 0 Å². The maximum absolute atomic E-state index is 10.8. The molecule has 0 rings (SSSR count). The third kappa shape index (κ3) is 2.43. The molecule has 0 bridgehead atoms. The number of hydrogen-bond donors (Lipinski definition) is 2. The molecule has 1 unspecified atom stereocenters. The van der Waals surface area contributed by atoms with E-state index in [1.165, 1.54) is 4.90 Å². The number of hydrogen-bond acceptors (Lipinski definition) is 3. The number of likely N-dealkylation sites (N-methyl/N-ethyl adjacent to an activating group) is 1. The average molecular weight is 131 g/mol. The Morgan fingerprint density at radius 2 is 2.22 bits per heavy atom. The molecule has 0 aliphatic carbocycles. The molecule has 0 aromatic rings. The van der Waals surface area contributed by atoms with Crippen LogP contribution in [0.3, 0.4) is 0 Å². The Bertz CT molecular complexity index is 102. The minimum Gasteiger partial charge on any atom is -0.332 e. The van der Waals surface area contributed by atoms with Gasteiger partial charge in [-0.2, -0.15) is 0 Å². The van der Waals surface area contributed by atoms with Crippen molar-refractivity contribution in [3.63, 3.8) is 0 Å². The van der Waals surface area contributed by atoms with Crippen molar-refractivity contribution in [1.29, 1.82) is 0 Å². The second kappa shape index (κ2) is 3.42. The van der Waals surface area contributed by atoms with Crippen LogP contribution in [0.1, 0.15) is 6.92 Å². The SMILES string of the molecule is CC(N)C(=O)N(C)CN. The van der Waals surface area contributed by atoms with Gasteiger partial charge in [-0.1, -0.05) is 0 Å². The summed E-state index contributed by atoms with van der Waals surface area (Å²) in [7, 11) is 1.62. The van der Waals surface area contributed by atoms with Crippen LogP contribution in [-0.4, -0.2) is 30.6 Å². The number of carbonyl (C=O) groups excluding carboxylic acids is 1. The van der Waals surface area contributed by atoms with E-state index in [2.05, 4.69) is 0 Å². The lowest BCUT2D eigenvalue weighted by Gasteiger charge is -2.15. The molecule has 0 heterocycles. The van der Waals surface area contributed by atoms with E-state index < -0.39 is 6.04 Å². The topological polar surface area (TPSA) is 72.4 Å². The molecule has 0 aliphatic heterocycles. The van der Waals surface area contributed by atoms with Gasteiger partial charge in [0.1, 0.15) is 0 Å². The van der Waals surface area contributed by atoms with Gasteiger partial charge in [0.25, 0.3) is 0 Å². The molecular weight excluding hydrogens is 118 g/mol. The molecule has 9 heavy (non-hydrogen) atoms. The summed E-state index contributed by atoms with van der Waals surface area (Å²) < 4.78 is 0. The van der Waals surface area contributed by atoms with E-state index in [-0.39, 0.29) is 12.6 Å². The van der Waals surface area contributed by atoms with Crippen LogP contribution in [0.15, 0.2) is 0 Å². The molecule has 54 valence electrons. The van der Waals surface area contributed by atoms with Crippen molar-refractivity contribution in [3.8, 4) is 0 Å². The molecule has 1 atom stereocenters. The van der Waals surface area contributed by atoms with E-state index in [4.69, 9.17) is 11.5 Å². The zero-order chi connectivity index (χ0) is 7.44. The number of carbonyl (C=O) groups is 1. The van der Waals surface area contributed by atoms with Gasteiger partial charge >= 0.3 is 0 Å². The van der Waals surface area contributed by atoms with E-state index in [1.54, 1.807) is 14.0 Å². The van der Waals surface area contributed by atoms with Gasteiger partial charge < -0.3 is 16.4 Å². The van der Waals surface area contributed by atoms with Crippen molar-refractivity contribution in [1.82, 2.24) is 4.90 Å². The first-order chi connectivity index (χ1) is 4.09. The van der Waals surface area contributed by atoms with Gasteiger partial charge in [-0.25, -0.2) is 0 Å². The molecule has 4 nitrogen and oxygen atoms in total. The monoisotopic (exact) mass is 131 g/mol. The Hall–Kier alpha value is -0.610. The van der Waals surface area contributed by atoms with E-state index in [0.29, 0.717) is 0 Å². The molecule has 0 aliphatic rings. The Labute approximate surface area is 54.8 Å². The zero-order valence-electron chi connectivity index (χ0n) is 5.79. The van der Waals surface area contributed by atoms with Gasteiger partial charge in [0.05, 0.1) is 12.7 Å². The van der Waals surface area contributed by atoms with Crippen LogP contribution >= 0.6 is 0 Å². The van der Waals surface area contributed by atoms with Crippen LogP contribution in [-0.2, 0) is 4.79 Å². The zero-order valence-corrected chi connectivity index (χ0v) is 5.79. The first kappa shape index (κ1) is 8.39. The minimum atomic E-state index is -0.446. The molecule has 0 aromatic heterocycles. The highest BCUT2D eigenvalue weighted by molar-refractivity contribution is 5.80. The van der Waals surface area contributed by atoms with Gasteiger partial charge in [-0.15, -0.1) is 0 Å². The second-order valence-electron chi connectivity index (χ2n) is 2.01. The highest BCUT2D eigenvalue weighted by atomic mass is 16.2. The summed E-state index contributed by atoms with van der Waals surface area (Å²) in [6.07, 6.45) is 0. The summed E-state index contributed by atoms with van der Waals surface area (Å²) in [6, 6.07) is -0.446. The van der Waals surface area contributed by atoms with Crippen LogP contribution in [0.5, 0.6) is 0 Å². The van der Waals surface area contributed by atoms with Crippen molar-refractivity contribution >= 4 is 5.91 Å². The molecule has 0 fully saturated rings. The van der Waals surface area contributed by atoms with Crippen molar-refractivity contribution < 1.29 is 4.79 Å². The van der Waals surface area contributed by atoms with E-state index >= 15 is 0 Å². The van der Waals surface area contributed by atoms with Crippen LogP contribution in [0, 0.1) is 0 Å². The quantitative estimate of drug-likeness (QED) is 0.458. The normalized spacial score (nSPS) is 12.9. The van der Waals surface area contributed by atoms with E-state index in [1.807, 2.05) is 0 Å². The number of rotatable bonds is 2. The molecular formula is C5H13N3O. The number of nitrogens with zero attached hydrogens (tertiary/aromatic N) is 1. The predicted molar refractivity (Wildman–Crippen MR) is 35.5 cm³/mol. The number of amides is 1. The fourth-order valence-corrected chi connectivity index (χ4v) is 0.438. The molecule has 0 radical (unpaired) electrons. The van der Waals surface area contributed by atoms with Gasteiger partial charge in [-0.05, 0) is 6.92 Å². The summed E-state index contributed by atoms with van der Waals surface area (Å²) >= 11 is 0. The van der Waals surface area contributed by atoms with Gasteiger partial charge in [0, 0.05) is 7.05 Å². The molecule has 0 saturated heterocycles. The molecule has 4 N–H and O–H groups in total. The fourth-order valence-electron chi connectivity index (χ4n) is 0.438. The average Bonchev–Trinajstić information content (AvgIpc) is 1.84. The summed E-state index contributed by atoms with van der Waals surface area (Å²) in [5.74, 6) is -0.127. The van der Waals surface area contributed by atoms with Crippen LogP contribution in [0.25, 0.3) is 0 Å². The molecule has 4 heteroatoms. The highest BCUT2D eigenvalue weighted by Gasteiger charge is 2.10. The molecule has 0 aromatic carbocycles. The lowest BCUT2D eigenvalue weighted by Crippen LogP contribution is -2.42. The smallest absolute Gasteiger partial charge is 0.239 e. The molecule has 0 saturated carbocycles. The number of nitrogens with two attached hydrogens (primary N) is 2. The Morgan fingerprint density at radius 3 is 2.33 bits per heavy atom. The van der Waals surface area contributed by atoms with Crippen molar-refractivity contribution in [2.24, 2.45) is 11.5 Å². The van der Waals surface area contributed by atoms with Gasteiger partial charge in [0.15, 0.2) is 0 Å². The molecule has 0 spiro atoms. The second-order valence-corrected chi connectivity index (χ2v) is 2.01. The van der Waals surface area contributed by atoms with E-state index in [0.717, 1.165) is 0 Å². The van der Waals surface area contributed by atoms with Crippen molar-refractivity contribution in [2.45, 2.75) is 13.0 Å². The first-order valence-electron chi connectivity index (χ1n) is 2.80. The van der Waals surface area contributed by atoms with E-state index in [9.17, 15) is 4.79 Å². The standard InChI is InChI=1S/C5H13N3O/c1-4(7)5(9)8(2)3-6/h4H,3,6-7H2,1-2H3. The Morgan fingerprint density at radius 1 is 1.78 bits per heavy atom. The first-order valence-corrected chi connectivity index (χ1v) is 2.80. The van der Waals surface area contributed by atoms with Gasteiger partial charge in [-0.3, -0.25) is 4.79 Å². The van der Waals surface area contributed by atoms with Crippen molar-refractivity contribution in [3.05, 3.63) is 0 Å². The highest BCUT2D eigenvalue weighted by Crippen LogP contribution is 1.83. The maximum Gasteiger partial charge on any atom is 0.239 e. The van der Waals surface area contributed by atoms with Crippen molar-refractivity contribution in [2.75, 3.05) is 13.7 Å². The third-order valence-electron chi connectivity index (χ3n) is 1.04. The summed E-state index contributed by atoms with van der Waals surface area (Å²) in [6.45, 7) is 1.86. The lowest BCUT2D eigenvalue weighted by molar-refractivity contribution is -0.130. The predicted octanol–water partition coefficient (Wildman–Crippen LogP) is -1.29. The summed E-state index contributed by atoms with van der Waals surface area (Å²) in [4.78, 5) is 12.2. The van der Waals surface area contributed by atoms with Crippen LogP contribution in [0.4, 0.5) is 0 Å². The Kier molecular flexibility index (Phi) is 3.19. The molecule has 1 amide bonds. The summed E-state index contributed by atoms with van der Waals surface area (Å²) in [5.41, 5.74) is 10.4. The van der Waals surface area contributed by atoms with Crippen LogP contribution < -0.4 is 11.5 Å². The lowest BCUT2D eigenvalue weighted by atomic mass is 10.3. The Balaban J connectivity index is 3.73.